The molecule has 0 saturated heterocycles. The van der Waals surface area contributed by atoms with Gasteiger partial charge in [-0.15, -0.1) is 0 Å². The molecule has 0 aromatic rings. The summed E-state index contributed by atoms with van der Waals surface area (Å²) in [6.45, 7) is 5.51. The van der Waals surface area contributed by atoms with E-state index >= 15 is 0 Å². The number of amides is 1. The van der Waals surface area contributed by atoms with Crippen LogP contribution in [0.3, 0.4) is 0 Å². The predicted octanol–water partition coefficient (Wildman–Crippen LogP) is 3.05. The normalized spacial score (nSPS) is 25.7. The van der Waals surface area contributed by atoms with Crippen molar-refractivity contribution in [1.29, 1.82) is 0 Å². The summed E-state index contributed by atoms with van der Waals surface area (Å²) < 4.78 is 5.24. The molecule has 0 bridgehead atoms. The Morgan fingerprint density at radius 1 is 1.17 bits per heavy atom. The van der Waals surface area contributed by atoms with Crippen LogP contribution in [0.25, 0.3) is 0 Å². The maximum absolute atomic E-state index is 11.7. The second kappa shape index (κ2) is 6.76. The van der Waals surface area contributed by atoms with E-state index < -0.39 is 11.7 Å². The zero-order valence-electron chi connectivity index (χ0n) is 11.7. The Morgan fingerprint density at radius 2 is 1.78 bits per heavy atom. The Kier molecular flexibility index (Phi) is 5.63. The standard InChI is InChI=1S/C14H25NO3/c1-14(2,3)18-13(17)15-12-9-7-5-4-6-8-11(12)10-16/h10-12H,4-9H2,1-3H3,(H,15,17)/t11-,12+/m1/s1. The molecule has 18 heavy (non-hydrogen) atoms. The second-order valence-electron chi connectivity index (χ2n) is 6.04. The van der Waals surface area contributed by atoms with Gasteiger partial charge in [-0.05, 0) is 33.6 Å². The van der Waals surface area contributed by atoms with Crippen LogP contribution in [0.15, 0.2) is 0 Å². The van der Waals surface area contributed by atoms with Gasteiger partial charge in [-0.1, -0.05) is 25.7 Å². The van der Waals surface area contributed by atoms with Crippen molar-refractivity contribution in [3.05, 3.63) is 0 Å². The Hall–Kier alpha value is -1.06. The molecule has 0 aromatic carbocycles. The summed E-state index contributed by atoms with van der Waals surface area (Å²) in [7, 11) is 0. The van der Waals surface area contributed by atoms with Crippen LogP contribution in [0, 0.1) is 5.92 Å². The first kappa shape index (κ1) is 15.0. The van der Waals surface area contributed by atoms with Crippen molar-refractivity contribution in [2.75, 3.05) is 0 Å². The first-order valence-electron chi connectivity index (χ1n) is 6.87. The summed E-state index contributed by atoms with van der Waals surface area (Å²) in [5, 5.41) is 2.85. The molecule has 0 radical (unpaired) electrons. The highest BCUT2D eigenvalue weighted by molar-refractivity contribution is 5.69. The highest BCUT2D eigenvalue weighted by Crippen LogP contribution is 2.22. The summed E-state index contributed by atoms with van der Waals surface area (Å²) in [5.41, 5.74) is -0.498. The SMILES string of the molecule is CC(C)(C)OC(=O)N[C@H]1CCCCCC[C@@H]1C=O. The minimum Gasteiger partial charge on any atom is -0.444 e. The fourth-order valence-electron chi connectivity index (χ4n) is 2.31. The van der Waals surface area contributed by atoms with Crippen LogP contribution in [0.2, 0.25) is 0 Å². The van der Waals surface area contributed by atoms with E-state index in [9.17, 15) is 9.59 Å². The molecule has 1 aliphatic rings. The summed E-state index contributed by atoms with van der Waals surface area (Å²) in [6.07, 6.45) is 6.78. The lowest BCUT2D eigenvalue weighted by Gasteiger charge is -2.28. The minimum atomic E-state index is -0.498. The molecule has 104 valence electrons. The van der Waals surface area contributed by atoms with E-state index in [0.29, 0.717) is 0 Å². The number of nitrogens with one attached hydrogen (secondary N) is 1. The molecule has 0 unspecified atom stereocenters. The van der Waals surface area contributed by atoms with Gasteiger partial charge in [-0.3, -0.25) is 0 Å². The lowest BCUT2D eigenvalue weighted by Crippen LogP contribution is -2.43. The molecule has 1 aliphatic carbocycles. The summed E-state index contributed by atoms with van der Waals surface area (Å²) >= 11 is 0. The van der Waals surface area contributed by atoms with Crippen LogP contribution in [-0.2, 0) is 9.53 Å². The van der Waals surface area contributed by atoms with E-state index in [1.54, 1.807) is 0 Å². The molecule has 1 saturated carbocycles. The van der Waals surface area contributed by atoms with Gasteiger partial charge in [0, 0.05) is 12.0 Å². The molecule has 0 spiro atoms. The summed E-state index contributed by atoms with van der Waals surface area (Å²) in [4.78, 5) is 22.8. The van der Waals surface area contributed by atoms with E-state index in [0.717, 1.165) is 32.0 Å². The molecule has 1 amide bonds. The molecule has 1 fully saturated rings. The molecule has 0 aliphatic heterocycles. The monoisotopic (exact) mass is 255 g/mol. The van der Waals surface area contributed by atoms with Crippen LogP contribution in [0.4, 0.5) is 4.79 Å². The van der Waals surface area contributed by atoms with Gasteiger partial charge in [0.25, 0.3) is 0 Å². The van der Waals surface area contributed by atoms with Crippen LogP contribution in [-0.4, -0.2) is 24.0 Å². The highest BCUT2D eigenvalue weighted by Gasteiger charge is 2.26. The largest absolute Gasteiger partial charge is 0.444 e. The average molecular weight is 255 g/mol. The van der Waals surface area contributed by atoms with Gasteiger partial charge in [0.15, 0.2) is 0 Å². The first-order chi connectivity index (χ1) is 8.42. The number of hydrogen-bond acceptors (Lipinski definition) is 3. The molecule has 1 rings (SSSR count). The number of carbonyl (C=O) groups excluding carboxylic acids is 2. The smallest absolute Gasteiger partial charge is 0.407 e. The quantitative estimate of drug-likeness (QED) is 0.772. The summed E-state index contributed by atoms with van der Waals surface area (Å²) in [5.74, 6) is -0.0715. The van der Waals surface area contributed by atoms with Gasteiger partial charge < -0.3 is 14.8 Å². The van der Waals surface area contributed by atoms with Crippen molar-refractivity contribution in [3.8, 4) is 0 Å². The third kappa shape index (κ3) is 5.52. The van der Waals surface area contributed by atoms with E-state index in [4.69, 9.17) is 4.74 Å². The molecular weight excluding hydrogens is 230 g/mol. The van der Waals surface area contributed by atoms with E-state index in [2.05, 4.69) is 5.32 Å². The predicted molar refractivity (Wildman–Crippen MR) is 70.4 cm³/mol. The van der Waals surface area contributed by atoms with Crippen molar-refractivity contribution in [2.45, 2.75) is 70.9 Å². The fourth-order valence-corrected chi connectivity index (χ4v) is 2.31. The van der Waals surface area contributed by atoms with Crippen molar-refractivity contribution in [1.82, 2.24) is 5.32 Å². The van der Waals surface area contributed by atoms with Crippen LogP contribution in [0.5, 0.6) is 0 Å². The number of hydrogen-bond donors (Lipinski definition) is 1. The maximum atomic E-state index is 11.7. The summed E-state index contributed by atoms with van der Waals surface area (Å²) in [6, 6.07) is -0.0716. The number of ether oxygens (including phenoxy) is 1. The lowest BCUT2D eigenvalue weighted by molar-refractivity contribution is -0.112. The third-order valence-corrected chi connectivity index (χ3v) is 3.20. The van der Waals surface area contributed by atoms with E-state index in [1.165, 1.54) is 12.8 Å². The Labute approximate surface area is 109 Å². The highest BCUT2D eigenvalue weighted by atomic mass is 16.6. The van der Waals surface area contributed by atoms with E-state index in [-0.39, 0.29) is 12.0 Å². The molecular formula is C14H25NO3. The molecule has 1 N–H and O–H groups in total. The van der Waals surface area contributed by atoms with E-state index in [1.807, 2.05) is 20.8 Å². The fraction of sp³-hybridized carbons (Fsp3) is 0.857. The molecule has 0 heterocycles. The third-order valence-electron chi connectivity index (χ3n) is 3.20. The van der Waals surface area contributed by atoms with Crippen molar-refractivity contribution in [2.24, 2.45) is 5.92 Å². The van der Waals surface area contributed by atoms with Gasteiger partial charge >= 0.3 is 6.09 Å². The van der Waals surface area contributed by atoms with Gasteiger partial charge in [0.2, 0.25) is 0 Å². The zero-order chi connectivity index (χ0) is 13.6. The number of rotatable bonds is 2. The minimum absolute atomic E-state index is 0.0715. The number of carbonyl (C=O) groups is 2. The van der Waals surface area contributed by atoms with Gasteiger partial charge in [-0.2, -0.15) is 0 Å². The number of alkyl carbamates (subject to hydrolysis) is 1. The van der Waals surface area contributed by atoms with Gasteiger partial charge in [0.05, 0.1) is 0 Å². The first-order valence-corrected chi connectivity index (χ1v) is 6.87. The van der Waals surface area contributed by atoms with Crippen molar-refractivity contribution in [3.63, 3.8) is 0 Å². The van der Waals surface area contributed by atoms with Crippen LogP contribution < -0.4 is 5.32 Å². The molecule has 0 aromatic heterocycles. The maximum Gasteiger partial charge on any atom is 0.407 e. The lowest BCUT2D eigenvalue weighted by atomic mass is 9.88. The second-order valence-corrected chi connectivity index (χ2v) is 6.04. The van der Waals surface area contributed by atoms with Crippen molar-refractivity contribution < 1.29 is 14.3 Å². The van der Waals surface area contributed by atoms with Gasteiger partial charge in [-0.25, -0.2) is 4.79 Å². The zero-order valence-corrected chi connectivity index (χ0v) is 11.7. The Balaban J connectivity index is 2.54. The van der Waals surface area contributed by atoms with Crippen LogP contribution in [0.1, 0.15) is 59.3 Å². The Morgan fingerprint density at radius 3 is 2.33 bits per heavy atom. The van der Waals surface area contributed by atoms with Gasteiger partial charge in [0.1, 0.15) is 11.9 Å². The van der Waals surface area contributed by atoms with Crippen LogP contribution >= 0.6 is 0 Å². The molecule has 2 atom stereocenters. The average Bonchev–Trinajstić information content (AvgIpc) is 2.20. The Bertz CT molecular complexity index is 283. The van der Waals surface area contributed by atoms with Crippen molar-refractivity contribution >= 4 is 12.4 Å². The topological polar surface area (TPSA) is 55.4 Å². The molecule has 4 nitrogen and oxygen atoms in total. The number of aldehydes is 1. The molecule has 4 heteroatoms.